The van der Waals surface area contributed by atoms with Crippen molar-refractivity contribution in [1.29, 1.82) is 0 Å². The summed E-state index contributed by atoms with van der Waals surface area (Å²) >= 11 is 0. The van der Waals surface area contributed by atoms with Crippen LogP contribution in [0.5, 0.6) is 0 Å². The number of nitrogens with two attached hydrogens (primary N) is 3. The number of primary amides is 1. The van der Waals surface area contributed by atoms with Gasteiger partial charge >= 0.3 is 5.97 Å². The Kier molecular flexibility index (Phi) is 31.9. The van der Waals surface area contributed by atoms with Gasteiger partial charge in [0.05, 0.1) is 30.7 Å². The number of amides is 10. The van der Waals surface area contributed by atoms with Gasteiger partial charge in [0.2, 0.25) is 59.1 Å². The highest BCUT2D eigenvalue weighted by Gasteiger charge is 2.39. The van der Waals surface area contributed by atoms with Crippen LogP contribution in [0.3, 0.4) is 0 Å². The van der Waals surface area contributed by atoms with E-state index < -0.39 is 156 Å². The minimum absolute atomic E-state index is 0.0352. The number of rotatable bonds is 38. The molecular formula is C52H92N14O15. The number of H-pyrrole nitrogens is 1. The number of aromatic nitrogens is 2. The third-order valence-corrected chi connectivity index (χ3v) is 12.7. The summed E-state index contributed by atoms with van der Waals surface area (Å²) in [5, 5.41) is 62.6. The number of hydrogen-bond donors (Lipinski definition) is 17. The number of aromatic amines is 1. The highest BCUT2D eigenvalue weighted by Crippen LogP contribution is 2.14. The molecule has 1 aromatic rings. The first-order valence-electron chi connectivity index (χ1n) is 27.4. The largest absolute Gasteiger partial charge is 0.480 e. The second-order valence-corrected chi connectivity index (χ2v) is 22.1. The zero-order chi connectivity index (χ0) is 62.0. The van der Waals surface area contributed by atoms with Crippen molar-refractivity contribution in [3.63, 3.8) is 0 Å². The molecular weight excluding hydrogens is 1060 g/mol. The van der Waals surface area contributed by atoms with Crippen LogP contribution in [0.2, 0.25) is 0 Å². The third kappa shape index (κ3) is 26.5. The van der Waals surface area contributed by atoms with Crippen LogP contribution < -0.4 is 65.1 Å². The SMILES string of the molecule is CC(C)C[C@H](NC(=O)[C@H](CCC(N)=O)NC(=O)[C@@H](NC(=O)[C@H](CC(C)C)NC(=O)[C@H](CCCCN)NC(=O)[C@@H](N)Cc1cnc[nH]1)C(C)C)C(=O)N[C@@H](CC(C)C)C(=O)N[C@H](C(=O)N[C@H](C(=O)N[C@H](C(=O)O)[C@@H](C)O)[C@@H](C)O)[C@@H](C)O. The lowest BCUT2D eigenvalue weighted by atomic mass is 9.98. The van der Waals surface area contributed by atoms with Crippen molar-refractivity contribution < 1.29 is 73.2 Å². The summed E-state index contributed by atoms with van der Waals surface area (Å²) in [4.78, 5) is 155. The molecule has 0 saturated heterocycles. The lowest BCUT2D eigenvalue weighted by molar-refractivity contribution is -0.146. The fraction of sp³-hybridized carbons (Fsp3) is 0.731. The van der Waals surface area contributed by atoms with Gasteiger partial charge in [0.1, 0.15) is 48.3 Å². The summed E-state index contributed by atoms with van der Waals surface area (Å²) in [5.74, 6) is -12.0. The molecule has 460 valence electrons. The molecule has 0 spiro atoms. The Labute approximate surface area is 473 Å². The summed E-state index contributed by atoms with van der Waals surface area (Å²) in [6, 6.07) is -14.6. The van der Waals surface area contributed by atoms with Crippen LogP contribution in [0, 0.1) is 23.7 Å². The second kappa shape index (κ2) is 35.8. The fourth-order valence-corrected chi connectivity index (χ4v) is 8.24. The number of aliphatic hydroxyl groups is 3. The predicted molar refractivity (Wildman–Crippen MR) is 295 cm³/mol. The smallest absolute Gasteiger partial charge is 0.328 e. The lowest BCUT2D eigenvalue weighted by Crippen LogP contribution is -2.63. The van der Waals surface area contributed by atoms with Crippen LogP contribution in [-0.4, -0.2) is 181 Å². The van der Waals surface area contributed by atoms with Gasteiger partial charge < -0.3 is 90.5 Å². The Morgan fingerprint density at radius 2 is 0.852 bits per heavy atom. The molecule has 0 radical (unpaired) electrons. The van der Waals surface area contributed by atoms with E-state index in [1.54, 1.807) is 41.5 Å². The van der Waals surface area contributed by atoms with Crippen LogP contribution in [0.1, 0.15) is 133 Å². The summed E-state index contributed by atoms with van der Waals surface area (Å²) in [7, 11) is 0. The summed E-state index contributed by atoms with van der Waals surface area (Å²) < 4.78 is 0. The van der Waals surface area contributed by atoms with E-state index in [1.165, 1.54) is 12.5 Å². The molecule has 0 unspecified atom stereocenters. The maximum Gasteiger partial charge on any atom is 0.328 e. The maximum absolute atomic E-state index is 14.2. The Balaban J connectivity index is 3.46. The van der Waals surface area contributed by atoms with E-state index in [9.17, 15) is 73.2 Å². The quantitative estimate of drug-likeness (QED) is 0.0281. The first-order valence-corrected chi connectivity index (χ1v) is 27.4. The van der Waals surface area contributed by atoms with E-state index in [2.05, 4.69) is 52.5 Å². The topological polar surface area (TPSA) is 484 Å². The van der Waals surface area contributed by atoms with Crippen molar-refractivity contribution >= 4 is 65.0 Å². The van der Waals surface area contributed by atoms with Crippen molar-refractivity contribution in [3.05, 3.63) is 18.2 Å². The number of carboxylic acids is 1. The number of aliphatic hydroxyl groups excluding tert-OH is 3. The first-order chi connectivity index (χ1) is 37.7. The number of imidazole rings is 1. The van der Waals surface area contributed by atoms with Crippen LogP contribution in [-0.2, 0) is 59.2 Å². The summed E-state index contributed by atoms with van der Waals surface area (Å²) in [5.41, 5.74) is 17.9. The van der Waals surface area contributed by atoms with E-state index in [4.69, 9.17) is 17.2 Å². The number of nitrogens with zero attached hydrogens (tertiary/aromatic N) is 1. The normalized spacial score (nSPS) is 16.3. The standard InChI is InChI=1S/C52H92N14O15/c1-24(2)18-35(46(74)62-37(20-26(5)6)48(76)64-40(28(9)67)50(78)65-41(29(10)68)51(79)66-42(30(11)69)52(80)81)60-45(73)34(15-16-38(55)70)59-49(77)39(27(7)8)63-47(75)36(19-25(3)4)61-44(72)33(14-12-13-17-53)58-43(71)32(54)21-31-22-56-23-57-31/h22-30,32-37,39-42,67-69H,12-21,53-54H2,1-11H3,(H2,55,70)(H,56,57)(H,58,71)(H,59,77)(H,60,73)(H,61,72)(H,62,74)(H,63,75)(H,64,76)(H,65,78)(H,66,79)(H,80,81)/t28-,29-,30-,32+,33+,34+,35+,36+,37+,39+,40+,41+,42+/m1/s1. The van der Waals surface area contributed by atoms with Crippen LogP contribution in [0.25, 0.3) is 0 Å². The van der Waals surface area contributed by atoms with Crippen LogP contribution >= 0.6 is 0 Å². The Morgan fingerprint density at radius 1 is 0.494 bits per heavy atom. The van der Waals surface area contributed by atoms with E-state index in [-0.39, 0.29) is 56.3 Å². The van der Waals surface area contributed by atoms with Crippen LogP contribution in [0.4, 0.5) is 0 Å². The maximum atomic E-state index is 14.2. The number of nitrogens with one attached hydrogen (secondary N) is 10. The van der Waals surface area contributed by atoms with E-state index in [0.29, 0.717) is 25.1 Å². The first kappa shape index (κ1) is 72.2. The van der Waals surface area contributed by atoms with Gasteiger partial charge in [-0.2, -0.15) is 0 Å². The zero-order valence-corrected chi connectivity index (χ0v) is 48.5. The number of hydrogen-bond acceptors (Lipinski definition) is 17. The number of aliphatic carboxylic acids is 1. The van der Waals surface area contributed by atoms with Crippen LogP contribution in [0.15, 0.2) is 12.5 Å². The van der Waals surface area contributed by atoms with Gasteiger partial charge in [-0.1, -0.05) is 55.4 Å². The predicted octanol–water partition coefficient (Wildman–Crippen LogP) is -3.94. The van der Waals surface area contributed by atoms with E-state index in [0.717, 1.165) is 20.8 Å². The Hall–Kier alpha value is -6.82. The number of carbonyl (C=O) groups is 11. The van der Waals surface area contributed by atoms with Gasteiger partial charge in [-0.15, -0.1) is 0 Å². The highest BCUT2D eigenvalue weighted by atomic mass is 16.4. The van der Waals surface area contributed by atoms with Gasteiger partial charge in [0.15, 0.2) is 6.04 Å². The lowest BCUT2D eigenvalue weighted by Gasteiger charge is -2.30. The molecule has 20 N–H and O–H groups in total. The molecule has 1 aromatic heterocycles. The van der Waals surface area contributed by atoms with Gasteiger partial charge in [-0.05, 0) is 95.9 Å². The third-order valence-electron chi connectivity index (χ3n) is 12.7. The molecule has 0 aliphatic carbocycles. The van der Waals surface area contributed by atoms with Crippen molar-refractivity contribution in [2.75, 3.05) is 6.54 Å². The monoisotopic (exact) mass is 1150 g/mol. The highest BCUT2D eigenvalue weighted by molar-refractivity contribution is 5.99. The summed E-state index contributed by atoms with van der Waals surface area (Å²) in [6.45, 7) is 17.4. The molecule has 0 fully saturated rings. The van der Waals surface area contributed by atoms with Gasteiger partial charge in [0, 0.05) is 24.7 Å². The fourth-order valence-electron chi connectivity index (χ4n) is 8.24. The molecule has 1 heterocycles. The van der Waals surface area contributed by atoms with Crippen molar-refractivity contribution in [2.24, 2.45) is 40.9 Å². The molecule has 0 aliphatic rings. The molecule has 0 aromatic carbocycles. The molecule has 0 bridgehead atoms. The molecule has 1 rings (SSSR count). The zero-order valence-electron chi connectivity index (χ0n) is 48.5. The Morgan fingerprint density at radius 3 is 1.22 bits per heavy atom. The molecule has 13 atom stereocenters. The van der Waals surface area contributed by atoms with Crippen molar-refractivity contribution in [3.8, 4) is 0 Å². The molecule has 29 heteroatoms. The average Bonchev–Trinajstić information content (AvgIpc) is 3.91. The van der Waals surface area contributed by atoms with Gasteiger partial charge in [0.25, 0.3) is 0 Å². The number of unbranched alkanes of at least 4 members (excludes halogenated alkanes) is 1. The van der Waals surface area contributed by atoms with E-state index >= 15 is 0 Å². The summed E-state index contributed by atoms with van der Waals surface area (Å²) in [6.07, 6.45) is -1.47. The molecule has 10 amide bonds. The second-order valence-electron chi connectivity index (χ2n) is 22.1. The van der Waals surface area contributed by atoms with Crippen molar-refractivity contribution in [1.82, 2.24) is 57.8 Å². The average molecular weight is 1150 g/mol. The molecule has 81 heavy (non-hydrogen) atoms. The molecule has 29 nitrogen and oxygen atoms in total. The minimum atomic E-state index is -1.83. The van der Waals surface area contributed by atoms with Crippen molar-refractivity contribution in [2.45, 2.75) is 213 Å². The molecule has 0 aliphatic heterocycles. The Bertz CT molecular complexity index is 2230. The van der Waals surface area contributed by atoms with Gasteiger partial charge in [-0.3, -0.25) is 47.9 Å². The minimum Gasteiger partial charge on any atom is -0.480 e. The van der Waals surface area contributed by atoms with E-state index in [1.807, 2.05) is 19.2 Å². The number of carbonyl (C=O) groups excluding carboxylic acids is 10. The number of carboxylic acid groups (broad SMARTS) is 1. The van der Waals surface area contributed by atoms with Gasteiger partial charge in [-0.25, -0.2) is 9.78 Å². The molecule has 0 saturated carbocycles.